The van der Waals surface area contributed by atoms with Crippen molar-refractivity contribution in [2.75, 3.05) is 33.1 Å². The molecule has 0 aliphatic rings. The molecule has 0 bridgehead atoms. The second-order valence-electron chi connectivity index (χ2n) is 5.82. The Kier molecular flexibility index (Phi) is 5.99. The van der Waals surface area contributed by atoms with Crippen LogP contribution in [-0.2, 0) is 11.3 Å². The van der Waals surface area contributed by atoms with E-state index in [9.17, 15) is 9.59 Å². The maximum atomic E-state index is 12.2. The molecule has 0 saturated carbocycles. The van der Waals surface area contributed by atoms with Crippen molar-refractivity contribution >= 4 is 17.6 Å². The molecule has 0 fully saturated rings. The number of hydrogen-bond donors (Lipinski definition) is 1. The summed E-state index contributed by atoms with van der Waals surface area (Å²) in [6.07, 6.45) is 0. The molecule has 1 aromatic heterocycles. The Bertz CT molecular complexity index is 742. The Labute approximate surface area is 146 Å². The zero-order valence-electron chi connectivity index (χ0n) is 14.8. The summed E-state index contributed by atoms with van der Waals surface area (Å²) >= 11 is 0. The van der Waals surface area contributed by atoms with Gasteiger partial charge in [-0.1, -0.05) is 11.2 Å². The molecule has 1 N–H and O–H groups in total. The van der Waals surface area contributed by atoms with E-state index in [-0.39, 0.29) is 18.5 Å². The summed E-state index contributed by atoms with van der Waals surface area (Å²) in [5.41, 5.74) is 1.25. The zero-order chi connectivity index (χ0) is 18.4. The van der Waals surface area contributed by atoms with Gasteiger partial charge in [0.25, 0.3) is 5.91 Å². The highest BCUT2D eigenvalue weighted by Gasteiger charge is 2.12. The monoisotopic (exact) mass is 346 g/mol. The van der Waals surface area contributed by atoms with Crippen LogP contribution < -0.4 is 10.1 Å². The highest BCUT2D eigenvalue weighted by molar-refractivity contribution is 5.89. The van der Waals surface area contributed by atoms with Gasteiger partial charge >= 0.3 is 6.03 Å². The van der Waals surface area contributed by atoms with E-state index in [0.29, 0.717) is 29.4 Å². The van der Waals surface area contributed by atoms with Gasteiger partial charge in [-0.3, -0.25) is 4.79 Å². The molecule has 2 rings (SSSR count). The molecule has 8 heteroatoms. The van der Waals surface area contributed by atoms with Crippen molar-refractivity contribution < 1.29 is 18.8 Å². The van der Waals surface area contributed by atoms with Crippen molar-refractivity contribution in [3.63, 3.8) is 0 Å². The number of benzene rings is 1. The molecule has 0 atom stereocenters. The second-order valence-corrected chi connectivity index (χ2v) is 5.82. The summed E-state index contributed by atoms with van der Waals surface area (Å²) in [4.78, 5) is 26.7. The van der Waals surface area contributed by atoms with Crippen LogP contribution in [-0.4, -0.2) is 54.6 Å². The summed E-state index contributed by atoms with van der Waals surface area (Å²) in [5, 5.41) is 6.63. The summed E-state index contributed by atoms with van der Waals surface area (Å²) in [5.74, 6) is 1.06. The van der Waals surface area contributed by atoms with Gasteiger partial charge in [-0.2, -0.15) is 0 Å². The van der Waals surface area contributed by atoms with Crippen LogP contribution in [0.3, 0.4) is 0 Å². The number of urea groups is 1. The van der Waals surface area contributed by atoms with Gasteiger partial charge in [0.2, 0.25) is 0 Å². The zero-order valence-corrected chi connectivity index (χ0v) is 14.8. The van der Waals surface area contributed by atoms with Crippen LogP contribution in [0.4, 0.5) is 10.5 Å². The summed E-state index contributed by atoms with van der Waals surface area (Å²) in [6, 6.07) is 8.36. The minimum atomic E-state index is -0.290. The van der Waals surface area contributed by atoms with Crippen LogP contribution in [0.15, 0.2) is 34.9 Å². The van der Waals surface area contributed by atoms with E-state index in [1.807, 2.05) is 0 Å². The molecular formula is C17H22N4O4. The Morgan fingerprint density at radius 2 is 2.00 bits per heavy atom. The fourth-order valence-corrected chi connectivity index (χ4v) is 1.96. The van der Waals surface area contributed by atoms with Crippen LogP contribution in [0.5, 0.6) is 5.75 Å². The maximum absolute atomic E-state index is 12.2. The molecule has 8 nitrogen and oxygen atoms in total. The molecule has 2 aromatic rings. The molecule has 0 saturated heterocycles. The summed E-state index contributed by atoms with van der Waals surface area (Å²) in [6.45, 7) is 2.07. The predicted octanol–water partition coefficient (Wildman–Crippen LogP) is 2.11. The van der Waals surface area contributed by atoms with E-state index in [1.165, 1.54) is 9.80 Å². The molecule has 0 aliphatic heterocycles. The van der Waals surface area contributed by atoms with Gasteiger partial charge in [0.05, 0.1) is 6.54 Å². The number of likely N-dealkylation sites (N-methyl/N-ethyl adjacent to an activating group) is 1. The lowest BCUT2D eigenvalue weighted by Crippen LogP contribution is -2.31. The highest BCUT2D eigenvalue weighted by atomic mass is 16.5. The molecular weight excluding hydrogens is 324 g/mol. The first-order valence-corrected chi connectivity index (χ1v) is 7.72. The number of amides is 3. The average Bonchev–Trinajstić information content (AvgIpc) is 2.97. The highest BCUT2D eigenvalue weighted by Crippen LogP contribution is 2.18. The first-order valence-electron chi connectivity index (χ1n) is 7.72. The number of ether oxygens (including phenoxy) is 1. The number of hydrogen-bond acceptors (Lipinski definition) is 5. The molecule has 134 valence electrons. The maximum Gasteiger partial charge on any atom is 0.321 e. The van der Waals surface area contributed by atoms with Crippen LogP contribution in [0.25, 0.3) is 0 Å². The Balaban J connectivity index is 1.91. The fourth-order valence-electron chi connectivity index (χ4n) is 1.96. The van der Waals surface area contributed by atoms with Crippen LogP contribution in [0.2, 0.25) is 0 Å². The molecule has 0 unspecified atom stereocenters. The van der Waals surface area contributed by atoms with Gasteiger partial charge in [0.1, 0.15) is 17.2 Å². The van der Waals surface area contributed by atoms with Crippen molar-refractivity contribution in [2.45, 2.75) is 13.5 Å². The quantitative estimate of drug-likeness (QED) is 0.865. The predicted molar refractivity (Wildman–Crippen MR) is 92.4 cm³/mol. The minimum absolute atomic E-state index is 0.0597. The van der Waals surface area contributed by atoms with Crippen molar-refractivity contribution in [3.8, 4) is 5.75 Å². The van der Waals surface area contributed by atoms with Gasteiger partial charge in [0.15, 0.2) is 6.61 Å². The van der Waals surface area contributed by atoms with Gasteiger partial charge < -0.3 is 24.4 Å². The van der Waals surface area contributed by atoms with Crippen molar-refractivity contribution in [1.29, 1.82) is 0 Å². The van der Waals surface area contributed by atoms with Gasteiger partial charge in [-0.15, -0.1) is 0 Å². The van der Waals surface area contributed by atoms with Crippen LogP contribution in [0, 0.1) is 6.92 Å². The Morgan fingerprint density at radius 3 is 2.64 bits per heavy atom. The van der Waals surface area contributed by atoms with E-state index in [4.69, 9.17) is 9.26 Å². The Hall–Kier alpha value is -3.03. The number of carbonyl (C=O) groups is 2. The SMILES string of the molecule is Cc1cc(CN(C)C(=O)Nc2cccc(OCC(=O)N(C)C)c2)no1. The summed E-state index contributed by atoms with van der Waals surface area (Å²) < 4.78 is 10.4. The smallest absolute Gasteiger partial charge is 0.321 e. The third kappa shape index (κ3) is 5.52. The lowest BCUT2D eigenvalue weighted by Gasteiger charge is -2.17. The van der Waals surface area contributed by atoms with Crippen LogP contribution in [0.1, 0.15) is 11.5 Å². The Morgan fingerprint density at radius 1 is 1.24 bits per heavy atom. The topological polar surface area (TPSA) is 87.9 Å². The third-order valence-corrected chi connectivity index (χ3v) is 3.37. The lowest BCUT2D eigenvalue weighted by molar-refractivity contribution is -0.130. The minimum Gasteiger partial charge on any atom is -0.484 e. The van der Waals surface area contributed by atoms with E-state index in [2.05, 4.69) is 10.5 Å². The van der Waals surface area contributed by atoms with E-state index in [0.717, 1.165) is 0 Å². The molecule has 0 radical (unpaired) electrons. The molecule has 25 heavy (non-hydrogen) atoms. The first-order chi connectivity index (χ1) is 11.8. The number of anilines is 1. The molecule has 0 spiro atoms. The van der Waals surface area contributed by atoms with Gasteiger partial charge in [0, 0.05) is 39.0 Å². The number of aryl methyl sites for hydroxylation is 1. The number of carbonyl (C=O) groups excluding carboxylic acids is 2. The third-order valence-electron chi connectivity index (χ3n) is 3.37. The number of nitrogens with zero attached hydrogens (tertiary/aromatic N) is 3. The van der Waals surface area contributed by atoms with Crippen molar-refractivity contribution in [1.82, 2.24) is 15.0 Å². The first kappa shape index (κ1) is 18.3. The van der Waals surface area contributed by atoms with Gasteiger partial charge in [-0.05, 0) is 19.1 Å². The molecule has 1 heterocycles. The average molecular weight is 346 g/mol. The normalized spacial score (nSPS) is 10.2. The standard InChI is InChI=1S/C17H22N4O4/c1-12-8-14(19-25-12)10-21(4)17(23)18-13-6-5-7-15(9-13)24-11-16(22)20(2)3/h5-9H,10-11H2,1-4H3,(H,18,23). The van der Waals surface area contributed by atoms with Crippen molar-refractivity contribution in [3.05, 3.63) is 41.8 Å². The second kappa shape index (κ2) is 8.18. The number of rotatable bonds is 6. The van der Waals surface area contributed by atoms with E-state index >= 15 is 0 Å². The van der Waals surface area contributed by atoms with E-state index < -0.39 is 0 Å². The van der Waals surface area contributed by atoms with E-state index in [1.54, 1.807) is 58.4 Å². The molecule has 3 amide bonds. The largest absolute Gasteiger partial charge is 0.484 e. The van der Waals surface area contributed by atoms with Crippen molar-refractivity contribution in [2.24, 2.45) is 0 Å². The van der Waals surface area contributed by atoms with Crippen LogP contribution >= 0.6 is 0 Å². The number of aromatic nitrogens is 1. The molecule has 0 aliphatic carbocycles. The number of nitrogens with one attached hydrogen (secondary N) is 1. The lowest BCUT2D eigenvalue weighted by atomic mass is 10.3. The summed E-state index contributed by atoms with van der Waals surface area (Å²) in [7, 11) is 4.98. The molecule has 1 aromatic carbocycles. The van der Waals surface area contributed by atoms with Gasteiger partial charge in [-0.25, -0.2) is 4.79 Å². The fraction of sp³-hybridized carbons (Fsp3) is 0.353.